The molecule has 1 unspecified atom stereocenters. The summed E-state index contributed by atoms with van der Waals surface area (Å²) in [5, 5.41) is 6.49. The molecule has 0 radical (unpaired) electrons. The molecule has 0 saturated carbocycles. The highest BCUT2D eigenvalue weighted by atomic mass is 32.2. The molecule has 9 heteroatoms. The standard InChI is InChI=1S/C17H21N3O5S/c1-11-16(12(2)25-19-11)26(22,23)20-10-4-5-15(20)17(21)18-13-6-8-14(24-3)9-7-13/h6-9,15H,4-5,10H2,1-3H3,(H,18,21). The van der Waals surface area contributed by atoms with Gasteiger partial charge in [-0.25, -0.2) is 8.42 Å². The van der Waals surface area contributed by atoms with Crippen LogP contribution in [0.4, 0.5) is 5.69 Å². The maximum atomic E-state index is 13.0. The Morgan fingerprint density at radius 1 is 1.31 bits per heavy atom. The zero-order valence-corrected chi connectivity index (χ0v) is 15.7. The van der Waals surface area contributed by atoms with Gasteiger partial charge in [0.2, 0.25) is 15.9 Å². The first-order valence-electron chi connectivity index (χ1n) is 8.24. The van der Waals surface area contributed by atoms with E-state index in [4.69, 9.17) is 9.26 Å². The van der Waals surface area contributed by atoms with Crippen LogP contribution < -0.4 is 10.1 Å². The summed E-state index contributed by atoms with van der Waals surface area (Å²) in [6.45, 7) is 3.41. The van der Waals surface area contributed by atoms with Crippen molar-refractivity contribution in [1.82, 2.24) is 9.46 Å². The SMILES string of the molecule is COc1ccc(NC(=O)C2CCCN2S(=O)(=O)c2c(C)noc2C)cc1. The molecule has 1 fully saturated rings. The topological polar surface area (TPSA) is 102 Å². The van der Waals surface area contributed by atoms with Gasteiger partial charge in [0.25, 0.3) is 0 Å². The lowest BCUT2D eigenvalue weighted by atomic mass is 10.2. The quantitative estimate of drug-likeness (QED) is 0.853. The van der Waals surface area contributed by atoms with E-state index in [1.807, 2.05) is 0 Å². The van der Waals surface area contributed by atoms with Gasteiger partial charge in [0.1, 0.15) is 22.4 Å². The van der Waals surface area contributed by atoms with Crippen LogP contribution in [0.25, 0.3) is 0 Å². The van der Waals surface area contributed by atoms with Crippen LogP contribution in [0.2, 0.25) is 0 Å². The van der Waals surface area contributed by atoms with E-state index in [1.165, 1.54) is 4.31 Å². The number of hydrogen-bond acceptors (Lipinski definition) is 6. The van der Waals surface area contributed by atoms with Gasteiger partial charge in [-0.2, -0.15) is 4.31 Å². The molecule has 3 rings (SSSR count). The van der Waals surface area contributed by atoms with Gasteiger partial charge in [-0.15, -0.1) is 0 Å². The van der Waals surface area contributed by atoms with Crippen molar-refractivity contribution < 1.29 is 22.5 Å². The number of carbonyl (C=O) groups excluding carboxylic acids is 1. The fraction of sp³-hybridized carbons (Fsp3) is 0.412. The number of nitrogens with zero attached hydrogens (tertiary/aromatic N) is 2. The van der Waals surface area contributed by atoms with Crippen molar-refractivity contribution in [1.29, 1.82) is 0 Å². The van der Waals surface area contributed by atoms with Gasteiger partial charge in [-0.1, -0.05) is 5.16 Å². The summed E-state index contributed by atoms with van der Waals surface area (Å²) in [6, 6.07) is 6.10. The first-order chi connectivity index (χ1) is 12.3. The fourth-order valence-corrected chi connectivity index (χ4v) is 5.10. The second kappa shape index (κ2) is 7.08. The Labute approximate surface area is 152 Å². The van der Waals surface area contributed by atoms with Crippen LogP contribution in [-0.4, -0.2) is 43.5 Å². The van der Waals surface area contributed by atoms with E-state index < -0.39 is 16.1 Å². The summed E-state index contributed by atoms with van der Waals surface area (Å²) in [6.07, 6.45) is 1.08. The minimum absolute atomic E-state index is 0.0432. The van der Waals surface area contributed by atoms with Crippen LogP contribution in [0, 0.1) is 13.8 Å². The molecule has 1 atom stereocenters. The number of carbonyl (C=O) groups is 1. The van der Waals surface area contributed by atoms with Gasteiger partial charge in [0, 0.05) is 12.2 Å². The van der Waals surface area contributed by atoms with Crippen molar-refractivity contribution in [2.24, 2.45) is 0 Å². The number of nitrogens with one attached hydrogen (secondary N) is 1. The lowest BCUT2D eigenvalue weighted by Gasteiger charge is -2.23. The number of anilines is 1. The molecule has 1 aliphatic rings. The highest BCUT2D eigenvalue weighted by Gasteiger charge is 2.41. The van der Waals surface area contributed by atoms with Gasteiger partial charge < -0.3 is 14.6 Å². The molecule has 1 amide bonds. The summed E-state index contributed by atoms with van der Waals surface area (Å²) in [5.41, 5.74) is 0.876. The van der Waals surface area contributed by atoms with Gasteiger partial charge in [0.15, 0.2) is 5.76 Å². The molecular weight excluding hydrogens is 358 g/mol. The van der Waals surface area contributed by atoms with Crippen LogP contribution in [0.5, 0.6) is 5.75 Å². The molecule has 2 heterocycles. The molecule has 1 N–H and O–H groups in total. The average molecular weight is 379 g/mol. The number of methoxy groups -OCH3 is 1. The van der Waals surface area contributed by atoms with E-state index in [9.17, 15) is 13.2 Å². The Balaban J connectivity index is 1.82. The predicted octanol–water partition coefficient (Wildman–Crippen LogP) is 2.09. The van der Waals surface area contributed by atoms with Crippen LogP contribution in [0.1, 0.15) is 24.3 Å². The van der Waals surface area contributed by atoms with E-state index in [1.54, 1.807) is 45.2 Å². The van der Waals surface area contributed by atoms with Crippen molar-refractivity contribution >= 4 is 21.6 Å². The van der Waals surface area contributed by atoms with Gasteiger partial charge >= 0.3 is 0 Å². The maximum absolute atomic E-state index is 13.0. The van der Waals surface area contributed by atoms with E-state index in [0.29, 0.717) is 30.0 Å². The van der Waals surface area contributed by atoms with Crippen LogP contribution in [-0.2, 0) is 14.8 Å². The highest BCUT2D eigenvalue weighted by molar-refractivity contribution is 7.89. The lowest BCUT2D eigenvalue weighted by molar-refractivity contribution is -0.119. The van der Waals surface area contributed by atoms with E-state index >= 15 is 0 Å². The second-order valence-electron chi connectivity index (χ2n) is 6.14. The van der Waals surface area contributed by atoms with E-state index in [2.05, 4.69) is 10.5 Å². The molecule has 1 aromatic carbocycles. The number of ether oxygens (including phenoxy) is 1. The molecule has 2 aromatic rings. The first kappa shape index (κ1) is 18.4. The average Bonchev–Trinajstić information content (AvgIpc) is 3.23. The molecule has 1 aliphatic heterocycles. The third-order valence-electron chi connectivity index (χ3n) is 4.40. The van der Waals surface area contributed by atoms with Crippen molar-refractivity contribution in [2.45, 2.75) is 37.6 Å². The Hall–Kier alpha value is -2.39. The summed E-state index contributed by atoms with van der Waals surface area (Å²) in [7, 11) is -2.30. The van der Waals surface area contributed by atoms with Crippen LogP contribution in [0.3, 0.4) is 0 Å². The molecule has 0 bridgehead atoms. The van der Waals surface area contributed by atoms with Gasteiger partial charge in [-0.05, 0) is 51.0 Å². The third-order valence-corrected chi connectivity index (χ3v) is 6.55. The predicted molar refractivity (Wildman–Crippen MR) is 94.5 cm³/mol. The smallest absolute Gasteiger partial charge is 0.249 e. The highest BCUT2D eigenvalue weighted by Crippen LogP contribution is 2.30. The van der Waals surface area contributed by atoms with Crippen molar-refractivity contribution in [3.8, 4) is 5.75 Å². The second-order valence-corrected chi connectivity index (χ2v) is 7.97. The summed E-state index contributed by atoms with van der Waals surface area (Å²) < 4.78 is 37.3. The minimum atomic E-state index is -3.86. The van der Waals surface area contributed by atoms with Crippen molar-refractivity contribution in [2.75, 3.05) is 19.0 Å². The number of benzene rings is 1. The van der Waals surface area contributed by atoms with E-state index in [0.717, 1.165) is 0 Å². The number of aromatic nitrogens is 1. The largest absolute Gasteiger partial charge is 0.497 e. The Morgan fingerprint density at radius 2 is 2.00 bits per heavy atom. The number of aryl methyl sites for hydroxylation is 2. The zero-order valence-electron chi connectivity index (χ0n) is 14.9. The van der Waals surface area contributed by atoms with Gasteiger partial charge in [0.05, 0.1) is 7.11 Å². The molecular formula is C17H21N3O5S. The normalized spacial score (nSPS) is 18.0. The molecule has 0 aliphatic carbocycles. The van der Waals surface area contributed by atoms with Crippen LogP contribution in [0.15, 0.2) is 33.7 Å². The molecule has 1 aromatic heterocycles. The third kappa shape index (κ3) is 3.32. The number of hydrogen-bond donors (Lipinski definition) is 1. The summed E-state index contributed by atoms with van der Waals surface area (Å²) in [5.74, 6) is 0.540. The Morgan fingerprint density at radius 3 is 2.58 bits per heavy atom. The molecule has 140 valence electrons. The van der Waals surface area contributed by atoms with Crippen LogP contribution >= 0.6 is 0 Å². The number of amides is 1. The molecule has 8 nitrogen and oxygen atoms in total. The number of sulfonamides is 1. The minimum Gasteiger partial charge on any atom is -0.497 e. The first-order valence-corrected chi connectivity index (χ1v) is 9.68. The fourth-order valence-electron chi connectivity index (χ4n) is 3.15. The van der Waals surface area contributed by atoms with Crippen molar-refractivity contribution in [3.05, 3.63) is 35.7 Å². The Bertz CT molecular complexity index is 885. The van der Waals surface area contributed by atoms with Gasteiger partial charge in [-0.3, -0.25) is 4.79 Å². The maximum Gasteiger partial charge on any atom is 0.249 e. The molecule has 26 heavy (non-hydrogen) atoms. The monoisotopic (exact) mass is 379 g/mol. The van der Waals surface area contributed by atoms with Crippen molar-refractivity contribution in [3.63, 3.8) is 0 Å². The summed E-state index contributed by atoms with van der Waals surface area (Å²) in [4.78, 5) is 12.7. The number of rotatable bonds is 5. The zero-order chi connectivity index (χ0) is 18.9. The van der Waals surface area contributed by atoms with E-state index in [-0.39, 0.29) is 23.1 Å². The molecule has 0 spiro atoms. The Kier molecular flexibility index (Phi) is 5.01. The lowest BCUT2D eigenvalue weighted by Crippen LogP contribution is -2.43. The molecule has 1 saturated heterocycles. The summed E-state index contributed by atoms with van der Waals surface area (Å²) >= 11 is 0.